The Morgan fingerprint density at radius 3 is 2.64 bits per heavy atom. The number of hydrogen-bond donors (Lipinski definition) is 2. The summed E-state index contributed by atoms with van der Waals surface area (Å²) in [4.78, 5) is 39.4. The zero-order valence-corrected chi connectivity index (χ0v) is 28.1. The van der Waals surface area contributed by atoms with Gasteiger partial charge >= 0.3 is 0 Å². The van der Waals surface area contributed by atoms with Crippen LogP contribution in [0.1, 0.15) is 25.8 Å². The minimum atomic E-state index is -0.624. The topological polar surface area (TPSA) is 126 Å². The van der Waals surface area contributed by atoms with Gasteiger partial charge in [0.2, 0.25) is 17.8 Å². The van der Waals surface area contributed by atoms with Gasteiger partial charge in [0.05, 0.1) is 38.8 Å². The molecule has 2 atom stereocenters. The minimum absolute atomic E-state index is 0.0668. The Morgan fingerprint density at radius 2 is 1.95 bits per heavy atom. The van der Waals surface area contributed by atoms with Gasteiger partial charge in [-0.25, -0.2) is 12.3 Å². The number of aryl methyl sites for hydroxylation is 1. The summed E-state index contributed by atoms with van der Waals surface area (Å²) in [5.41, 5.74) is 8.58. The van der Waals surface area contributed by atoms with E-state index < -0.39 is 5.82 Å². The predicted octanol–water partition coefficient (Wildman–Crippen LogP) is 5.03. The Kier molecular flexibility index (Phi) is 8.89. The lowest BCUT2D eigenvalue weighted by molar-refractivity contribution is -0.129. The van der Waals surface area contributed by atoms with Crippen molar-refractivity contribution < 1.29 is 14.0 Å². The molecule has 0 radical (unpaired) electrons. The van der Waals surface area contributed by atoms with Crippen molar-refractivity contribution in [1.82, 2.24) is 27.8 Å². The number of halogens is 3. The highest BCUT2D eigenvalue weighted by molar-refractivity contribution is 14.1. The summed E-state index contributed by atoms with van der Waals surface area (Å²) >= 11 is 8.95. The molecule has 5 rings (SSSR count). The van der Waals surface area contributed by atoms with Crippen LogP contribution in [0.15, 0.2) is 30.9 Å². The van der Waals surface area contributed by atoms with Crippen LogP contribution in [0.5, 0.6) is 0 Å². The molecular formula is C30H34ClFIN9O2. The molecule has 232 valence electrons. The van der Waals surface area contributed by atoms with E-state index in [0.717, 1.165) is 11.1 Å². The van der Waals surface area contributed by atoms with Crippen molar-refractivity contribution >= 4 is 85.7 Å². The quantitative estimate of drug-likeness (QED) is 0.200. The molecule has 1 aliphatic heterocycles. The van der Waals surface area contributed by atoms with Gasteiger partial charge in [-0.15, -0.1) is 5.10 Å². The van der Waals surface area contributed by atoms with E-state index in [2.05, 4.69) is 22.0 Å². The SMILES string of the molecule is C=CC(=O)N1C[C@H](C)N(c2nc(NCCC(=O)N(C)C)nc3c(F)c(-c4c(C)ccc5c4c(N)nn5I)c(Cl)cc23)C[C@H]1C. The molecule has 1 saturated heterocycles. The fraction of sp³-hybridized carbons (Fsp3) is 0.367. The molecule has 0 bridgehead atoms. The maximum absolute atomic E-state index is 16.9. The van der Waals surface area contributed by atoms with Gasteiger partial charge in [0, 0.05) is 68.7 Å². The number of hydrogen-bond acceptors (Lipinski definition) is 8. The van der Waals surface area contributed by atoms with E-state index in [-0.39, 0.29) is 64.7 Å². The van der Waals surface area contributed by atoms with Gasteiger partial charge < -0.3 is 25.8 Å². The molecule has 0 aliphatic carbocycles. The van der Waals surface area contributed by atoms with Gasteiger partial charge in [0.15, 0.2) is 11.6 Å². The van der Waals surface area contributed by atoms with Crippen LogP contribution in [0.4, 0.5) is 22.0 Å². The van der Waals surface area contributed by atoms with Crippen molar-refractivity contribution in [3.63, 3.8) is 0 Å². The van der Waals surface area contributed by atoms with Crippen molar-refractivity contribution in [1.29, 1.82) is 0 Å². The van der Waals surface area contributed by atoms with Crippen LogP contribution in [0.3, 0.4) is 0 Å². The first kappa shape index (κ1) is 31.7. The average Bonchev–Trinajstić information content (AvgIpc) is 3.27. The molecule has 1 aliphatic rings. The maximum Gasteiger partial charge on any atom is 0.246 e. The van der Waals surface area contributed by atoms with Crippen molar-refractivity contribution in [2.24, 2.45) is 0 Å². The van der Waals surface area contributed by atoms with Gasteiger partial charge in [0.1, 0.15) is 11.3 Å². The second-order valence-electron chi connectivity index (χ2n) is 11.2. The van der Waals surface area contributed by atoms with Crippen molar-refractivity contribution in [2.45, 2.75) is 39.3 Å². The number of anilines is 3. The highest BCUT2D eigenvalue weighted by atomic mass is 127. The third kappa shape index (κ3) is 5.62. The fourth-order valence-electron chi connectivity index (χ4n) is 5.69. The lowest BCUT2D eigenvalue weighted by atomic mass is 9.94. The van der Waals surface area contributed by atoms with Crippen LogP contribution in [0.25, 0.3) is 32.9 Å². The monoisotopic (exact) mass is 733 g/mol. The maximum atomic E-state index is 16.9. The molecule has 2 aromatic heterocycles. The molecule has 3 heterocycles. The number of carbonyl (C=O) groups is 2. The summed E-state index contributed by atoms with van der Waals surface area (Å²) in [5, 5.41) is 8.65. The second kappa shape index (κ2) is 12.3. The minimum Gasteiger partial charge on any atom is -0.382 e. The first-order valence-electron chi connectivity index (χ1n) is 14.1. The van der Waals surface area contributed by atoms with Gasteiger partial charge in [-0.05, 0) is 44.5 Å². The zero-order valence-electron chi connectivity index (χ0n) is 25.2. The molecular weight excluding hydrogens is 700 g/mol. The number of nitrogen functional groups attached to an aromatic ring is 1. The lowest BCUT2D eigenvalue weighted by Crippen LogP contribution is -2.58. The molecule has 0 unspecified atom stereocenters. The van der Waals surface area contributed by atoms with Crippen molar-refractivity contribution in [3.05, 3.63) is 47.3 Å². The third-order valence-corrected chi connectivity index (χ3v) is 9.03. The summed E-state index contributed by atoms with van der Waals surface area (Å²) in [7, 11) is 3.37. The molecule has 4 aromatic rings. The number of fused-ring (bicyclic) bond motifs is 2. The molecule has 3 N–H and O–H groups in total. The largest absolute Gasteiger partial charge is 0.382 e. The Bertz CT molecular complexity index is 1810. The first-order valence-corrected chi connectivity index (χ1v) is 15.5. The van der Waals surface area contributed by atoms with Gasteiger partial charge in [-0.1, -0.05) is 24.2 Å². The summed E-state index contributed by atoms with van der Waals surface area (Å²) in [6.07, 6.45) is 1.51. The number of nitrogens with zero attached hydrogens (tertiary/aromatic N) is 7. The number of benzene rings is 2. The number of rotatable bonds is 7. The fourth-order valence-corrected chi connectivity index (χ4v) is 6.61. The third-order valence-electron chi connectivity index (χ3n) is 7.99. The van der Waals surface area contributed by atoms with Gasteiger partial charge in [0.25, 0.3) is 0 Å². The molecule has 1 fully saturated rings. The Balaban J connectivity index is 1.70. The standard InChI is InChI=1S/C30H34ClFIN9O2/c1-7-21(43)40-13-17(4)41(14-16(40)3)29-18-12-19(31)24(23-15(2)8-9-20-25(23)28(34)38-42(20)33)26(32)27(18)36-30(37-29)35-11-10-22(44)39(5)6/h7-9,12,16-17H,1,10-11,13-14H2,2-6H3,(H2,34,38)(H,35,36,37)/t16-,17+/m1/s1. The molecule has 0 saturated carbocycles. The highest BCUT2D eigenvalue weighted by Gasteiger charge is 2.34. The summed E-state index contributed by atoms with van der Waals surface area (Å²) in [6, 6.07) is 5.12. The van der Waals surface area contributed by atoms with Gasteiger partial charge in [-0.3, -0.25) is 9.59 Å². The molecule has 2 amide bonds. The van der Waals surface area contributed by atoms with E-state index in [4.69, 9.17) is 22.3 Å². The normalized spacial score (nSPS) is 16.9. The predicted molar refractivity (Wildman–Crippen MR) is 182 cm³/mol. The van der Waals surface area contributed by atoms with Crippen LogP contribution in [-0.4, -0.2) is 85.4 Å². The van der Waals surface area contributed by atoms with Crippen LogP contribution < -0.4 is 16.0 Å². The summed E-state index contributed by atoms with van der Waals surface area (Å²) < 4.78 is 18.5. The van der Waals surface area contributed by atoms with E-state index in [1.54, 1.807) is 28.0 Å². The number of amides is 2. The van der Waals surface area contributed by atoms with E-state index in [1.165, 1.54) is 11.0 Å². The van der Waals surface area contributed by atoms with E-state index in [0.29, 0.717) is 35.2 Å². The van der Waals surface area contributed by atoms with Crippen molar-refractivity contribution in [3.8, 4) is 11.1 Å². The van der Waals surface area contributed by atoms with Crippen molar-refractivity contribution in [2.75, 3.05) is 49.7 Å². The van der Waals surface area contributed by atoms with Crippen LogP contribution >= 0.6 is 34.5 Å². The summed E-state index contributed by atoms with van der Waals surface area (Å²) in [5.74, 6) is 0.0623. The first-order chi connectivity index (χ1) is 20.8. The smallest absolute Gasteiger partial charge is 0.246 e. The lowest BCUT2D eigenvalue weighted by Gasteiger charge is -2.44. The molecule has 44 heavy (non-hydrogen) atoms. The highest BCUT2D eigenvalue weighted by Crippen LogP contribution is 2.44. The number of nitrogens with two attached hydrogens (primary N) is 1. The molecule has 11 nitrogen and oxygen atoms in total. The zero-order chi connectivity index (χ0) is 32.0. The van der Waals surface area contributed by atoms with Crippen LogP contribution in [0.2, 0.25) is 5.02 Å². The number of carbonyl (C=O) groups excluding carboxylic acids is 2. The molecule has 2 aromatic carbocycles. The second-order valence-corrected chi connectivity index (χ2v) is 12.5. The van der Waals surface area contributed by atoms with E-state index in [9.17, 15) is 9.59 Å². The Morgan fingerprint density at radius 1 is 1.23 bits per heavy atom. The van der Waals surface area contributed by atoms with Gasteiger partial charge in [-0.2, -0.15) is 4.98 Å². The van der Waals surface area contributed by atoms with E-state index >= 15 is 4.39 Å². The van der Waals surface area contributed by atoms with Crippen LogP contribution in [-0.2, 0) is 9.59 Å². The molecule has 0 spiro atoms. The number of piperazine rings is 1. The summed E-state index contributed by atoms with van der Waals surface area (Å²) in [6.45, 7) is 10.5. The number of aromatic nitrogens is 4. The average molecular weight is 734 g/mol. The number of nitrogens with one attached hydrogen (secondary N) is 1. The van der Waals surface area contributed by atoms with Crippen LogP contribution in [0, 0.1) is 12.7 Å². The molecule has 14 heteroatoms. The Hall–Kier alpha value is -3.72. The van der Waals surface area contributed by atoms with E-state index in [1.807, 2.05) is 60.7 Å². The Labute approximate surface area is 273 Å².